The van der Waals surface area contributed by atoms with Crippen LogP contribution < -0.4 is 16.4 Å². The van der Waals surface area contributed by atoms with E-state index < -0.39 is 23.5 Å². The summed E-state index contributed by atoms with van der Waals surface area (Å²) in [6.45, 7) is 5.37. The van der Waals surface area contributed by atoms with Crippen LogP contribution in [-0.2, 0) is 9.59 Å². The number of carbonyl (C=O) groups is 2. The van der Waals surface area contributed by atoms with Crippen LogP contribution in [0.3, 0.4) is 0 Å². The van der Waals surface area contributed by atoms with Gasteiger partial charge in [0.25, 0.3) is 0 Å². The van der Waals surface area contributed by atoms with Gasteiger partial charge in [-0.25, -0.2) is 0 Å². The number of aliphatic carboxylic acids is 1. The highest BCUT2D eigenvalue weighted by Gasteiger charge is 2.34. The fourth-order valence-electron chi connectivity index (χ4n) is 1.74. The van der Waals surface area contributed by atoms with Crippen molar-refractivity contribution in [2.24, 2.45) is 5.73 Å². The Morgan fingerprint density at radius 2 is 1.94 bits per heavy atom. The summed E-state index contributed by atoms with van der Waals surface area (Å²) in [5, 5.41) is 15.0. The van der Waals surface area contributed by atoms with Gasteiger partial charge in [-0.05, 0) is 40.7 Å². The van der Waals surface area contributed by atoms with E-state index in [9.17, 15) is 14.7 Å². The van der Waals surface area contributed by atoms with Crippen LogP contribution in [0, 0.1) is 0 Å². The molecule has 2 unspecified atom stereocenters. The molecule has 0 aromatic carbocycles. The summed E-state index contributed by atoms with van der Waals surface area (Å²) in [5.41, 5.74) is 4.14. The lowest BCUT2D eigenvalue weighted by atomic mass is 9.92. The summed E-state index contributed by atoms with van der Waals surface area (Å²) in [4.78, 5) is 22.3. The van der Waals surface area contributed by atoms with Crippen molar-refractivity contribution in [1.29, 1.82) is 0 Å². The lowest BCUT2D eigenvalue weighted by molar-refractivity contribution is -0.145. The summed E-state index contributed by atoms with van der Waals surface area (Å²) in [6, 6.07) is -0.444. The van der Waals surface area contributed by atoms with Gasteiger partial charge in [-0.2, -0.15) is 0 Å². The molecule has 2 atom stereocenters. The van der Waals surface area contributed by atoms with Crippen molar-refractivity contribution in [3.05, 3.63) is 0 Å². The number of amides is 1. The average Bonchev–Trinajstić information content (AvgIpc) is 2.16. The first kappa shape index (κ1) is 15.9. The highest BCUT2D eigenvalue weighted by molar-refractivity contribution is 5.80. The Morgan fingerprint density at radius 3 is 2.24 bits per heavy atom. The summed E-state index contributed by atoms with van der Waals surface area (Å²) in [5.74, 6) is -1.39. The number of carboxylic acids is 1. The molecule has 0 aromatic rings. The third kappa shape index (κ3) is 5.14. The molecule has 0 rings (SSSR count). The van der Waals surface area contributed by atoms with E-state index in [1.54, 1.807) is 14.0 Å². The van der Waals surface area contributed by atoms with E-state index in [-0.39, 0.29) is 6.04 Å². The molecular weight excluding hydrogens is 222 g/mol. The molecule has 0 heterocycles. The normalized spacial score (nSPS) is 16.5. The molecule has 0 spiro atoms. The lowest BCUT2D eigenvalue weighted by Crippen LogP contribution is -2.53. The third-order valence-corrected chi connectivity index (χ3v) is 2.70. The van der Waals surface area contributed by atoms with Crippen molar-refractivity contribution in [3.63, 3.8) is 0 Å². The van der Waals surface area contributed by atoms with Gasteiger partial charge in [0.1, 0.15) is 5.54 Å². The van der Waals surface area contributed by atoms with Gasteiger partial charge in [0.2, 0.25) is 5.91 Å². The molecule has 17 heavy (non-hydrogen) atoms. The van der Waals surface area contributed by atoms with Gasteiger partial charge in [0.15, 0.2) is 0 Å². The molecule has 0 aliphatic rings. The van der Waals surface area contributed by atoms with Gasteiger partial charge in [-0.3, -0.25) is 14.9 Å². The Labute approximate surface area is 102 Å². The van der Waals surface area contributed by atoms with Crippen molar-refractivity contribution >= 4 is 11.9 Å². The van der Waals surface area contributed by atoms with E-state index >= 15 is 0 Å². The minimum Gasteiger partial charge on any atom is -0.480 e. The maximum absolute atomic E-state index is 11.2. The number of carbonyl (C=O) groups excluding carboxylic acids is 1. The van der Waals surface area contributed by atoms with Crippen LogP contribution in [0.1, 0.15) is 33.6 Å². The smallest absolute Gasteiger partial charge is 0.323 e. The molecule has 6 nitrogen and oxygen atoms in total. The van der Waals surface area contributed by atoms with E-state index in [4.69, 9.17) is 5.73 Å². The standard InChI is InChI=1S/C11H23N3O3/c1-7(2)14-11(3,10(16)17)6-5-8(13-4)9(12)15/h7-8,13-14H,5-6H2,1-4H3,(H2,12,15)(H,16,17). The van der Waals surface area contributed by atoms with Crippen molar-refractivity contribution in [2.45, 2.75) is 51.2 Å². The molecule has 100 valence electrons. The van der Waals surface area contributed by atoms with Gasteiger partial charge < -0.3 is 16.2 Å². The third-order valence-electron chi connectivity index (χ3n) is 2.70. The molecule has 0 aliphatic carbocycles. The second-order valence-corrected chi connectivity index (χ2v) is 4.72. The van der Waals surface area contributed by atoms with E-state index in [1.807, 2.05) is 13.8 Å². The summed E-state index contributed by atoms with van der Waals surface area (Å²) < 4.78 is 0. The van der Waals surface area contributed by atoms with Crippen molar-refractivity contribution in [3.8, 4) is 0 Å². The predicted octanol–water partition coefficient (Wildman–Crippen LogP) is -0.319. The first-order chi connectivity index (χ1) is 7.73. The van der Waals surface area contributed by atoms with Crippen LogP contribution >= 0.6 is 0 Å². The van der Waals surface area contributed by atoms with Crippen LogP contribution in [0.2, 0.25) is 0 Å². The average molecular weight is 245 g/mol. The van der Waals surface area contributed by atoms with Gasteiger partial charge in [0, 0.05) is 6.04 Å². The Morgan fingerprint density at radius 1 is 1.41 bits per heavy atom. The minimum absolute atomic E-state index is 0.0534. The Hall–Kier alpha value is -1.14. The number of primary amides is 1. The van der Waals surface area contributed by atoms with Gasteiger partial charge in [-0.1, -0.05) is 0 Å². The molecule has 6 heteroatoms. The van der Waals surface area contributed by atoms with Crippen molar-refractivity contribution in [2.75, 3.05) is 7.05 Å². The number of nitrogens with two attached hydrogens (primary N) is 1. The second kappa shape index (κ2) is 6.56. The molecule has 0 aromatic heterocycles. The monoisotopic (exact) mass is 245 g/mol. The zero-order valence-corrected chi connectivity index (χ0v) is 10.9. The first-order valence-electron chi connectivity index (χ1n) is 5.70. The first-order valence-corrected chi connectivity index (χ1v) is 5.70. The maximum Gasteiger partial charge on any atom is 0.323 e. The van der Waals surface area contributed by atoms with E-state index in [1.165, 1.54) is 0 Å². The highest BCUT2D eigenvalue weighted by Crippen LogP contribution is 2.15. The fourth-order valence-corrected chi connectivity index (χ4v) is 1.74. The van der Waals surface area contributed by atoms with Gasteiger partial charge in [0.05, 0.1) is 6.04 Å². The predicted molar refractivity (Wildman–Crippen MR) is 65.6 cm³/mol. The molecule has 0 aliphatic heterocycles. The van der Waals surface area contributed by atoms with E-state index in [2.05, 4.69) is 10.6 Å². The Kier molecular flexibility index (Phi) is 6.12. The molecule has 0 fully saturated rings. The summed E-state index contributed by atoms with van der Waals surface area (Å²) in [7, 11) is 1.63. The zero-order valence-electron chi connectivity index (χ0n) is 10.9. The van der Waals surface area contributed by atoms with Crippen LogP contribution in [0.4, 0.5) is 0 Å². The lowest BCUT2D eigenvalue weighted by Gasteiger charge is -2.29. The highest BCUT2D eigenvalue weighted by atomic mass is 16.4. The SMILES string of the molecule is CNC(CCC(C)(NC(C)C)C(=O)O)C(N)=O. The zero-order chi connectivity index (χ0) is 13.6. The number of rotatable bonds is 8. The number of hydrogen-bond acceptors (Lipinski definition) is 4. The van der Waals surface area contributed by atoms with Crippen LogP contribution in [0.5, 0.6) is 0 Å². The van der Waals surface area contributed by atoms with Gasteiger partial charge in [-0.15, -0.1) is 0 Å². The minimum atomic E-state index is -1.04. The Bertz CT molecular complexity index is 281. The largest absolute Gasteiger partial charge is 0.480 e. The number of carboxylic acid groups (broad SMARTS) is 1. The van der Waals surface area contributed by atoms with Crippen molar-refractivity contribution in [1.82, 2.24) is 10.6 Å². The molecule has 0 radical (unpaired) electrons. The number of likely N-dealkylation sites (N-methyl/N-ethyl adjacent to an activating group) is 1. The molecule has 0 saturated carbocycles. The topological polar surface area (TPSA) is 104 Å². The summed E-state index contributed by atoms with van der Waals surface area (Å²) in [6.07, 6.45) is 0.712. The van der Waals surface area contributed by atoms with E-state index in [0.717, 1.165) is 0 Å². The van der Waals surface area contributed by atoms with Crippen molar-refractivity contribution < 1.29 is 14.7 Å². The molecular formula is C11H23N3O3. The summed E-state index contributed by atoms with van der Waals surface area (Å²) >= 11 is 0. The number of nitrogens with one attached hydrogen (secondary N) is 2. The van der Waals surface area contributed by atoms with Crippen LogP contribution in [-0.4, -0.2) is 41.7 Å². The van der Waals surface area contributed by atoms with E-state index in [0.29, 0.717) is 12.8 Å². The fraction of sp³-hybridized carbons (Fsp3) is 0.818. The number of hydrogen-bond donors (Lipinski definition) is 4. The van der Waals surface area contributed by atoms with Gasteiger partial charge >= 0.3 is 5.97 Å². The molecule has 0 saturated heterocycles. The maximum atomic E-state index is 11.2. The Balaban J connectivity index is 4.55. The quantitative estimate of drug-likeness (QED) is 0.469. The van der Waals surface area contributed by atoms with Crippen LogP contribution in [0.15, 0.2) is 0 Å². The molecule has 5 N–H and O–H groups in total. The van der Waals surface area contributed by atoms with Crippen LogP contribution in [0.25, 0.3) is 0 Å². The molecule has 1 amide bonds. The second-order valence-electron chi connectivity index (χ2n) is 4.72. The molecule has 0 bridgehead atoms.